The smallest absolute Gasteiger partial charge is 0.151 e. The summed E-state index contributed by atoms with van der Waals surface area (Å²) in [7, 11) is -0.956. The van der Waals surface area contributed by atoms with Crippen LogP contribution in [0.2, 0.25) is 0 Å². The molecule has 0 fully saturated rings. The highest BCUT2D eigenvalue weighted by Crippen LogP contribution is 1.97. The summed E-state index contributed by atoms with van der Waals surface area (Å²) in [6, 6.07) is 0. The summed E-state index contributed by atoms with van der Waals surface area (Å²) in [4.78, 5) is 1.94. The van der Waals surface area contributed by atoms with Gasteiger partial charge >= 0.3 is 0 Å². The highest BCUT2D eigenvalue weighted by molar-refractivity contribution is 7.91. The predicted octanol–water partition coefficient (Wildman–Crippen LogP) is 0.980. The molecule has 0 aliphatic carbocycles. The third kappa shape index (κ3) is 7.28. The maximum absolute atomic E-state index is 11.1. The molecule has 0 heterocycles. The zero-order valence-corrected chi connectivity index (χ0v) is 10.0. The Morgan fingerprint density at radius 2 is 2.00 bits per heavy atom. The minimum Gasteiger partial charge on any atom is -0.304 e. The van der Waals surface area contributed by atoms with Gasteiger partial charge in [0.15, 0.2) is 9.84 Å². The van der Waals surface area contributed by atoms with Gasteiger partial charge < -0.3 is 4.90 Å². The van der Waals surface area contributed by atoms with Crippen molar-refractivity contribution in [3.63, 3.8) is 0 Å². The molecule has 5 heteroatoms. The van der Waals surface area contributed by atoms with Gasteiger partial charge in [-0.25, -0.2) is 8.42 Å². The van der Waals surface area contributed by atoms with Gasteiger partial charge in [0, 0.05) is 24.2 Å². The van der Waals surface area contributed by atoms with Crippen molar-refractivity contribution in [1.82, 2.24) is 4.90 Å². The summed E-state index contributed by atoms with van der Waals surface area (Å²) in [5, 5.41) is 0.0642. The third-order valence-electron chi connectivity index (χ3n) is 1.79. The van der Waals surface area contributed by atoms with Gasteiger partial charge in [-0.05, 0) is 14.0 Å². The van der Waals surface area contributed by atoms with E-state index in [4.69, 9.17) is 11.6 Å². The fourth-order valence-electron chi connectivity index (χ4n) is 0.960. The third-order valence-corrected chi connectivity index (χ3v) is 3.61. The van der Waals surface area contributed by atoms with Crippen LogP contribution in [0.15, 0.2) is 0 Å². The monoisotopic (exact) mass is 227 g/mol. The van der Waals surface area contributed by atoms with Crippen molar-refractivity contribution in [2.75, 3.05) is 31.6 Å². The maximum Gasteiger partial charge on any atom is 0.151 e. The van der Waals surface area contributed by atoms with E-state index in [9.17, 15) is 8.42 Å². The molecule has 0 aromatic rings. The first-order chi connectivity index (χ1) is 5.87. The molecular formula is C8H18ClNO2S. The molecular weight excluding hydrogens is 210 g/mol. The van der Waals surface area contributed by atoms with Gasteiger partial charge in [-0.1, -0.05) is 6.92 Å². The van der Waals surface area contributed by atoms with Gasteiger partial charge in [-0.15, -0.1) is 11.6 Å². The number of alkyl halides is 1. The first-order valence-electron chi connectivity index (χ1n) is 4.40. The SMILES string of the molecule is CCS(=O)(=O)CCN(C)CC(C)Cl. The molecule has 0 saturated carbocycles. The van der Waals surface area contributed by atoms with E-state index in [2.05, 4.69) is 0 Å². The second-order valence-corrected chi connectivity index (χ2v) is 6.50. The molecule has 0 aromatic heterocycles. The molecule has 80 valence electrons. The highest BCUT2D eigenvalue weighted by Gasteiger charge is 2.10. The van der Waals surface area contributed by atoms with E-state index in [0.717, 1.165) is 6.54 Å². The van der Waals surface area contributed by atoms with E-state index in [-0.39, 0.29) is 16.9 Å². The minimum absolute atomic E-state index is 0.0642. The molecule has 0 spiro atoms. The number of hydrogen-bond acceptors (Lipinski definition) is 3. The largest absolute Gasteiger partial charge is 0.304 e. The second-order valence-electron chi connectivity index (χ2n) is 3.28. The number of sulfone groups is 1. The summed E-state index contributed by atoms with van der Waals surface area (Å²) < 4.78 is 22.3. The van der Waals surface area contributed by atoms with Crippen LogP contribution in [0.5, 0.6) is 0 Å². The zero-order chi connectivity index (χ0) is 10.5. The van der Waals surface area contributed by atoms with E-state index in [0.29, 0.717) is 6.54 Å². The van der Waals surface area contributed by atoms with E-state index in [1.165, 1.54) is 0 Å². The van der Waals surface area contributed by atoms with Crippen LogP contribution in [0, 0.1) is 0 Å². The Balaban J connectivity index is 3.77. The fourth-order valence-corrected chi connectivity index (χ4v) is 2.07. The lowest BCUT2D eigenvalue weighted by atomic mass is 10.4. The van der Waals surface area contributed by atoms with Gasteiger partial charge in [-0.2, -0.15) is 0 Å². The molecule has 3 nitrogen and oxygen atoms in total. The lowest BCUT2D eigenvalue weighted by Gasteiger charge is -2.17. The summed E-state index contributed by atoms with van der Waals surface area (Å²) in [6.07, 6.45) is 0. The maximum atomic E-state index is 11.1. The fraction of sp³-hybridized carbons (Fsp3) is 1.00. The Kier molecular flexibility index (Phi) is 5.92. The van der Waals surface area contributed by atoms with E-state index in [1.54, 1.807) is 6.92 Å². The normalized spacial score (nSPS) is 14.8. The molecule has 0 rings (SSSR count). The van der Waals surface area contributed by atoms with E-state index in [1.807, 2.05) is 18.9 Å². The van der Waals surface area contributed by atoms with E-state index < -0.39 is 9.84 Å². The Hall–Kier alpha value is 0.200. The molecule has 0 N–H and O–H groups in total. The van der Waals surface area contributed by atoms with Crippen molar-refractivity contribution in [3.8, 4) is 0 Å². The number of rotatable bonds is 6. The van der Waals surface area contributed by atoms with Crippen LogP contribution in [0.25, 0.3) is 0 Å². The van der Waals surface area contributed by atoms with Gasteiger partial charge in [0.1, 0.15) is 0 Å². The molecule has 0 aromatic carbocycles. The summed E-state index contributed by atoms with van der Waals surface area (Å²) >= 11 is 5.77. The van der Waals surface area contributed by atoms with Crippen molar-refractivity contribution in [3.05, 3.63) is 0 Å². The van der Waals surface area contributed by atoms with Crippen LogP contribution >= 0.6 is 11.6 Å². The zero-order valence-electron chi connectivity index (χ0n) is 8.46. The van der Waals surface area contributed by atoms with Crippen LogP contribution in [0.1, 0.15) is 13.8 Å². The van der Waals surface area contributed by atoms with Crippen molar-refractivity contribution in [1.29, 1.82) is 0 Å². The van der Waals surface area contributed by atoms with E-state index >= 15 is 0 Å². The average molecular weight is 228 g/mol. The van der Waals surface area contributed by atoms with Gasteiger partial charge in [0.05, 0.1) is 5.75 Å². The molecule has 0 amide bonds. The first-order valence-corrected chi connectivity index (χ1v) is 6.66. The topological polar surface area (TPSA) is 37.4 Å². The number of nitrogens with zero attached hydrogens (tertiary/aromatic N) is 1. The van der Waals surface area contributed by atoms with Crippen LogP contribution < -0.4 is 0 Å². The number of halogens is 1. The van der Waals surface area contributed by atoms with Crippen molar-refractivity contribution in [2.24, 2.45) is 0 Å². The van der Waals surface area contributed by atoms with Crippen LogP contribution in [-0.4, -0.2) is 50.3 Å². The van der Waals surface area contributed by atoms with Crippen LogP contribution in [0.4, 0.5) is 0 Å². The standard InChI is InChI=1S/C8H18ClNO2S/c1-4-13(11,12)6-5-10(3)7-8(2)9/h8H,4-7H2,1-3H3. The molecule has 1 atom stereocenters. The molecule has 0 aliphatic rings. The van der Waals surface area contributed by atoms with Crippen molar-refractivity contribution >= 4 is 21.4 Å². The average Bonchev–Trinajstić information content (AvgIpc) is 2.00. The van der Waals surface area contributed by atoms with Crippen molar-refractivity contribution in [2.45, 2.75) is 19.2 Å². The van der Waals surface area contributed by atoms with Crippen LogP contribution in [0.3, 0.4) is 0 Å². The van der Waals surface area contributed by atoms with Gasteiger partial charge in [0.2, 0.25) is 0 Å². The second kappa shape index (κ2) is 5.83. The minimum atomic E-state index is -2.84. The Bertz CT molecular complexity index is 226. The van der Waals surface area contributed by atoms with Gasteiger partial charge in [-0.3, -0.25) is 0 Å². The predicted molar refractivity (Wildman–Crippen MR) is 57.1 cm³/mol. The van der Waals surface area contributed by atoms with Gasteiger partial charge in [0.25, 0.3) is 0 Å². The molecule has 0 aliphatic heterocycles. The highest BCUT2D eigenvalue weighted by atomic mass is 35.5. The molecule has 1 unspecified atom stereocenters. The summed E-state index contributed by atoms with van der Waals surface area (Å²) in [5.41, 5.74) is 0. The summed E-state index contributed by atoms with van der Waals surface area (Å²) in [6.45, 7) is 4.85. The lowest BCUT2D eigenvalue weighted by molar-refractivity contribution is 0.356. The summed E-state index contributed by atoms with van der Waals surface area (Å²) in [5.74, 6) is 0.445. The quantitative estimate of drug-likeness (QED) is 0.635. The molecule has 0 saturated heterocycles. The molecule has 0 bridgehead atoms. The Morgan fingerprint density at radius 3 is 2.38 bits per heavy atom. The molecule has 0 radical (unpaired) electrons. The Labute approximate surface area is 86.0 Å². The number of hydrogen-bond donors (Lipinski definition) is 0. The lowest BCUT2D eigenvalue weighted by Crippen LogP contribution is -2.30. The van der Waals surface area contributed by atoms with Crippen LogP contribution in [-0.2, 0) is 9.84 Å². The molecule has 13 heavy (non-hydrogen) atoms. The van der Waals surface area contributed by atoms with Crippen molar-refractivity contribution < 1.29 is 8.42 Å². The Morgan fingerprint density at radius 1 is 1.46 bits per heavy atom. The first kappa shape index (κ1) is 13.2.